The van der Waals surface area contributed by atoms with E-state index in [4.69, 9.17) is 4.74 Å². The van der Waals surface area contributed by atoms with Gasteiger partial charge < -0.3 is 4.74 Å². The van der Waals surface area contributed by atoms with Crippen molar-refractivity contribution in [1.29, 1.82) is 0 Å². The topological polar surface area (TPSA) is 39.2 Å². The van der Waals surface area contributed by atoms with E-state index in [1.54, 1.807) is 11.3 Å². The predicted octanol–water partition coefficient (Wildman–Crippen LogP) is 2.25. The molecule has 0 aromatic carbocycles. The lowest BCUT2D eigenvalue weighted by Crippen LogP contribution is -2.08. The van der Waals surface area contributed by atoms with Crippen molar-refractivity contribution >= 4 is 29.1 Å². The van der Waals surface area contributed by atoms with Crippen molar-refractivity contribution in [2.75, 3.05) is 0 Å². The minimum absolute atomic E-state index is 0.0565. The maximum atomic E-state index is 11.3. The van der Waals surface area contributed by atoms with Crippen molar-refractivity contribution in [2.24, 2.45) is 0 Å². The number of aromatic nitrogens is 1. The molecule has 2 atom stereocenters. The van der Waals surface area contributed by atoms with Gasteiger partial charge in [0.1, 0.15) is 11.4 Å². The van der Waals surface area contributed by atoms with E-state index in [-0.39, 0.29) is 17.3 Å². The van der Waals surface area contributed by atoms with Gasteiger partial charge in [-0.25, -0.2) is 4.98 Å². The molecule has 1 aliphatic heterocycles. The Bertz CT molecular complexity index is 350. The monoisotopic (exact) mass is 229 g/mol. The van der Waals surface area contributed by atoms with E-state index in [2.05, 4.69) is 4.98 Å². The molecule has 1 saturated heterocycles. The molecule has 0 spiro atoms. The maximum Gasteiger partial charge on any atom is 0.319 e. The van der Waals surface area contributed by atoms with Crippen LogP contribution in [0.5, 0.6) is 0 Å². The van der Waals surface area contributed by atoms with Crippen LogP contribution in [0.25, 0.3) is 0 Å². The van der Waals surface area contributed by atoms with Crippen LogP contribution in [-0.4, -0.2) is 22.3 Å². The van der Waals surface area contributed by atoms with Crippen LogP contribution in [0.15, 0.2) is 9.72 Å². The molecule has 0 amide bonds. The van der Waals surface area contributed by atoms with Crippen molar-refractivity contribution in [2.45, 2.75) is 36.0 Å². The summed E-state index contributed by atoms with van der Waals surface area (Å²) in [4.78, 5) is 15.6. The molecule has 2 heterocycles. The number of thioether (sulfide) groups is 1. The molecule has 14 heavy (non-hydrogen) atoms. The van der Waals surface area contributed by atoms with E-state index in [0.29, 0.717) is 0 Å². The van der Waals surface area contributed by atoms with E-state index in [0.717, 1.165) is 16.5 Å². The van der Waals surface area contributed by atoms with Crippen molar-refractivity contribution in [3.8, 4) is 0 Å². The molecule has 0 N–H and O–H groups in total. The molecule has 0 saturated carbocycles. The average Bonchev–Trinajstić information content (AvgIpc) is 2.61. The zero-order valence-electron chi connectivity index (χ0n) is 8.02. The first kappa shape index (κ1) is 9.98. The van der Waals surface area contributed by atoms with E-state index >= 15 is 0 Å². The Hall–Kier alpha value is -0.550. The third kappa shape index (κ3) is 2.09. The summed E-state index contributed by atoms with van der Waals surface area (Å²) in [5, 5.41) is 1.93. The van der Waals surface area contributed by atoms with Crippen molar-refractivity contribution in [1.82, 2.24) is 4.98 Å². The first-order valence-corrected chi connectivity index (χ1v) is 6.20. The van der Waals surface area contributed by atoms with E-state index in [1.165, 1.54) is 11.8 Å². The maximum absolute atomic E-state index is 11.3. The Morgan fingerprint density at radius 1 is 1.71 bits per heavy atom. The molecule has 0 bridgehead atoms. The number of nitrogens with zero attached hydrogens (tertiary/aromatic N) is 1. The molecule has 1 aliphatic rings. The number of carbonyl (C=O) groups is 1. The third-order valence-corrected chi connectivity index (χ3v) is 4.26. The highest BCUT2D eigenvalue weighted by Crippen LogP contribution is 2.33. The number of thiazole rings is 1. The van der Waals surface area contributed by atoms with Crippen LogP contribution in [0.3, 0.4) is 0 Å². The number of esters is 1. The Balaban J connectivity index is 2.01. The fraction of sp³-hybridized carbons (Fsp3) is 0.556. The van der Waals surface area contributed by atoms with E-state index in [1.807, 2.05) is 19.2 Å². The fourth-order valence-electron chi connectivity index (χ4n) is 1.32. The normalized spacial score (nSPS) is 26.6. The summed E-state index contributed by atoms with van der Waals surface area (Å²) < 4.78 is 6.03. The zero-order chi connectivity index (χ0) is 10.1. The molecule has 2 rings (SSSR count). The van der Waals surface area contributed by atoms with Crippen LogP contribution in [0.1, 0.15) is 19.0 Å². The lowest BCUT2D eigenvalue weighted by molar-refractivity contribution is -0.140. The van der Waals surface area contributed by atoms with Crippen LogP contribution < -0.4 is 0 Å². The van der Waals surface area contributed by atoms with Gasteiger partial charge in [-0.3, -0.25) is 4.79 Å². The van der Waals surface area contributed by atoms with Gasteiger partial charge in [-0.05, 0) is 13.8 Å². The number of hydrogen-bond acceptors (Lipinski definition) is 5. The molecule has 5 heteroatoms. The number of carbonyl (C=O) groups excluding carboxylic acids is 1. The van der Waals surface area contributed by atoms with Gasteiger partial charge >= 0.3 is 5.97 Å². The van der Waals surface area contributed by atoms with Crippen molar-refractivity contribution < 1.29 is 9.53 Å². The molecule has 0 radical (unpaired) electrons. The number of ether oxygens (including phenoxy) is 1. The quantitative estimate of drug-likeness (QED) is 0.729. The molecule has 0 aliphatic carbocycles. The minimum Gasteiger partial charge on any atom is -0.462 e. The number of hydrogen-bond donors (Lipinski definition) is 0. The number of cyclic esters (lactones) is 1. The lowest BCUT2D eigenvalue weighted by Gasteiger charge is -2.00. The second-order valence-corrected chi connectivity index (χ2v) is 5.65. The van der Waals surface area contributed by atoms with Gasteiger partial charge in [0, 0.05) is 17.5 Å². The summed E-state index contributed by atoms with van der Waals surface area (Å²) in [5.74, 6) is -0.102. The van der Waals surface area contributed by atoms with E-state index < -0.39 is 0 Å². The molecule has 1 aromatic heterocycles. The van der Waals surface area contributed by atoms with Gasteiger partial charge in [-0.1, -0.05) is 11.8 Å². The Morgan fingerprint density at radius 2 is 2.50 bits per heavy atom. The Labute approximate surface area is 90.9 Å². The van der Waals surface area contributed by atoms with Crippen molar-refractivity contribution in [3.05, 3.63) is 11.1 Å². The van der Waals surface area contributed by atoms with Gasteiger partial charge in [0.25, 0.3) is 0 Å². The zero-order valence-corrected chi connectivity index (χ0v) is 9.65. The van der Waals surface area contributed by atoms with Crippen molar-refractivity contribution in [3.63, 3.8) is 0 Å². The largest absolute Gasteiger partial charge is 0.462 e. The number of aryl methyl sites for hydroxylation is 1. The van der Waals surface area contributed by atoms with Crippen LogP contribution >= 0.6 is 23.1 Å². The second-order valence-electron chi connectivity index (χ2n) is 3.34. The Kier molecular flexibility index (Phi) is 2.78. The van der Waals surface area contributed by atoms with Gasteiger partial charge in [0.2, 0.25) is 0 Å². The van der Waals surface area contributed by atoms with Crippen LogP contribution in [0.2, 0.25) is 0 Å². The molecule has 1 aromatic rings. The molecular formula is C9H11NO2S2. The standard InChI is InChI=1S/C9H11NO2S2/c1-5-4-13-9(10-5)14-7-3-6(2)12-8(7)11/h4,6-7H,3H2,1-2H3. The summed E-state index contributed by atoms with van der Waals surface area (Å²) in [6.45, 7) is 3.88. The molecule has 1 fully saturated rings. The fourth-order valence-corrected chi connectivity index (χ4v) is 3.52. The molecule has 2 unspecified atom stereocenters. The SMILES string of the molecule is Cc1csc(SC2CC(C)OC2=O)n1. The van der Waals surface area contributed by atoms with E-state index in [9.17, 15) is 4.79 Å². The van der Waals surface area contributed by atoms with Gasteiger partial charge in [0.05, 0.1) is 0 Å². The van der Waals surface area contributed by atoms with Gasteiger partial charge in [0.15, 0.2) is 4.34 Å². The molecular weight excluding hydrogens is 218 g/mol. The summed E-state index contributed by atoms with van der Waals surface area (Å²) in [5.41, 5.74) is 1.01. The number of rotatable bonds is 2. The first-order valence-electron chi connectivity index (χ1n) is 4.44. The van der Waals surface area contributed by atoms with Gasteiger partial charge in [-0.2, -0.15) is 0 Å². The average molecular weight is 229 g/mol. The minimum atomic E-state index is -0.102. The molecule has 3 nitrogen and oxygen atoms in total. The summed E-state index contributed by atoms with van der Waals surface area (Å²) in [6, 6.07) is 0. The highest BCUT2D eigenvalue weighted by Gasteiger charge is 2.33. The van der Waals surface area contributed by atoms with Crippen LogP contribution in [0, 0.1) is 6.92 Å². The van der Waals surface area contributed by atoms with Crippen LogP contribution in [-0.2, 0) is 9.53 Å². The van der Waals surface area contributed by atoms with Gasteiger partial charge in [-0.15, -0.1) is 11.3 Å². The molecule has 76 valence electrons. The highest BCUT2D eigenvalue weighted by atomic mass is 32.2. The Morgan fingerprint density at radius 3 is 3.00 bits per heavy atom. The summed E-state index contributed by atoms with van der Waals surface area (Å²) in [7, 11) is 0. The highest BCUT2D eigenvalue weighted by molar-refractivity contribution is 8.02. The predicted molar refractivity (Wildman–Crippen MR) is 56.7 cm³/mol. The lowest BCUT2D eigenvalue weighted by atomic mass is 10.3. The third-order valence-electron chi connectivity index (χ3n) is 1.97. The van der Waals surface area contributed by atoms with Crippen LogP contribution in [0.4, 0.5) is 0 Å². The first-order chi connectivity index (χ1) is 6.65. The second kappa shape index (κ2) is 3.90. The summed E-state index contributed by atoms with van der Waals surface area (Å²) >= 11 is 3.10. The summed E-state index contributed by atoms with van der Waals surface area (Å²) in [6.07, 6.45) is 0.850. The smallest absolute Gasteiger partial charge is 0.319 e.